The fraction of sp³-hybridized carbons (Fsp3) is 0.353. The first-order chi connectivity index (χ1) is 12.1. The van der Waals surface area contributed by atoms with E-state index in [9.17, 15) is 9.59 Å². The standard InChI is InChI=1S/C17H19ClN4O3/c1-2-25-16(24)14-11-19-17(20-15(14)23)22-8-6-21(7-9-22)13-5-3-4-12(18)10-13/h3-5,10-11H,2,6-9H2,1H3,(H,19,20,23). The number of piperazine rings is 1. The first kappa shape index (κ1) is 17.3. The molecular weight excluding hydrogens is 344 g/mol. The number of halogens is 1. The highest BCUT2D eigenvalue weighted by atomic mass is 35.5. The van der Waals surface area contributed by atoms with Crippen molar-refractivity contribution in [3.8, 4) is 0 Å². The van der Waals surface area contributed by atoms with Crippen LogP contribution in [0.1, 0.15) is 17.3 Å². The van der Waals surface area contributed by atoms with E-state index in [0.717, 1.165) is 18.8 Å². The lowest BCUT2D eigenvalue weighted by molar-refractivity contribution is 0.0523. The fourth-order valence-corrected chi connectivity index (χ4v) is 2.93. The van der Waals surface area contributed by atoms with Crippen LogP contribution in [0, 0.1) is 0 Å². The van der Waals surface area contributed by atoms with E-state index in [1.165, 1.54) is 6.20 Å². The number of hydrogen-bond acceptors (Lipinski definition) is 6. The molecule has 0 saturated carbocycles. The van der Waals surface area contributed by atoms with Crippen molar-refractivity contribution < 1.29 is 9.53 Å². The van der Waals surface area contributed by atoms with Gasteiger partial charge >= 0.3 is 5.97 Å². The van der Waals surface area contributed by atoms with E-state index in [2.05, 4.69) is 14.9 Å². The number of anilines is 2. The molecule has 3 rings (SSSR count). The second kappa shape index (κ2) is 7.57. The number of carbonyl (C=O) groups excluding carboxylic acids is 1. The summed E-state index contributed by atoms with van der Waals surface area (Å²) in [6.07, 6.45) is 1.27. The molecule has 1 aromatic heterocycles. The van der Waals surface area contributed by atoms with Crippen molar-refractivity contribution in [1.29, 1.82) is 0 Å². The van der Waals surface area contributed by atoms with Gasteiger partial charge in [0.05, 0.1) is 12.8 Å². The summed E-state index contributed by atoms with van der Waals surface area (Å²) in [6, 6.07) is 7.74. The number of H-pyrrole nitrogens is 1. The molecular formula is C17H19ClN4O3. The van der Waals surface area contributed by atoms with Crippen LogP contribution >= 0.6 is 11.6 Å². The number of nitrogens with zero attached hydrogens (tertiary/aromatic N) is 3. The van der Waals surface area contributed by atoms with Crippen molar-refractivity contribution in [2.24, 2.45) is 0 Å². The Labute approximate surface area is 150 Å². The molecule has 0 spiro atoms. The van der Waals surface area contributed by atoms with Crippen molar-refractivity contribution >= 4 is 29.2 Å². The molecule has 2 aromatic rings. The topological polar surface area (TPSA) is 78.5 Å². The first-order valence-corrected chi connectivity index (χ1v) is 8.48. The molecule has 8 heteroatoms. The number of esters is 1. The van der Waals surface area contributed by atoms with Crippen LogP contribution in [0.5, 0.6) is 0 Å². The van der Waals surface area contributed by atoms with Gasteiger partial charge in [0.15, 0.2) is 0 Å². The zero-order chi connectivity index (χ0) is 17.8. The molecule has 132 valence electrons. The third-order valence-corrected chi connectivity index (χ3v) is 4.27. The second-order valence-electron chi connectivity index (χ2n) is 5.62. The summed E-state index contributed by atoms with van der Waals surface area (Å²) in [4.78, 5) is 34.8. The maximum atomic E-state index is 12.1. The molecule has 1 aliphatic rings. The highest BCUT2D eigenvalue weighted by Gasteiger charge is 2.20. The Bertz CT molecular complexity index is 816. The van der Waals surface area contributed by atoms with Gasteiger partial charge in [-0.25, -0.2) is 9.78 Å². The number of ether oxygens (including phenoxy) is 1. The van der Waals surface area contributed by atoms with E-state index in [0.29, 0.717) is 24.1 Å². The molecule has 1 aliphatic heterocycles. The molecule has 1 saturated heterocycles. The lowest BCUT2D eigenvalue weighted by Crippen LogP contribution is -2.47. The number of carbonyl (C=O) groups is 1. The third kappa shape index (κ3) is 3.93. The van der Waals surface area contributed by atoms with Gasteiger partial charge in [-0.05, 0) is 25.1 Å². The second-order valence-corrected chi connectivity index (χ2v) is 6.06. The van der Waals surface area contributed by atoms with Gasteiger partial charge in [-0.3, -0.25) is 9.78 Å². The summed E-state index contributed by atoms with van der Waals surface area (Å²) in [5, 5.41) is 0.709. The highest BCUT2D eigenvalue weighted by Crippen LogP contribution is 2.21. The van der Waals surface area contributed by atoms with Crippen LogP contribution in [0.15, 0.2) is 35.3 Å². The van der Waals surface area contributed by atoms with E-state index in [1.807, 2.05) is 29.2 Å². The summed E-state index contributed by atoms with van der Waals surface area (Å²) >= 11 is 6.04. The Balaban J connectivity index is 1.68. The number of benzene rings is 1. The van der Waals surface area contributed by atoms with Crippen LogP contribution in [0.25, 0.3) is 0 Å². The molecule has 25 heavy (non-hydrogen) atoms. The maximum Gasteiger partial charge on any atom is 0.345 e. The molecule has 0 bridgehead atoms. The van der Waals surface area contributed by atoms with E-state index >= 15 is 0 Å². The largest absolute Gasteiger partial charge is 0.462 e. The molecule has 0 amide bonds. The molecule has 1 fully saturated rings. The Morgan fingerprint density at radius 3 is 2.64 bits per heavy atom. The SMILES string of the molecule is CCOC(=O)c1cnc(N2CCN(c3cccc(Cl)c3)CC2)[nH]c1=O. The molecule has 1 aromatic carbocycles. The van der Waals surface area contributed by atoms with Gasteiger partial charge in [0.2, 0.25) is 5.95 Å². The van der Waals surface area contributed by atoms with E-state index in [4.69, 9.17) is 16.3 Å². The lowest BCUT2D eigenvalue weighted by Gasteiger charge is -2.36. The summed E-state index contributed by atoms with van der Waals surface area (Å²) in [5.41, 5.74) is 0.509. The minimum Gasteiger partial charge on any atom is -0.462 e. The Hall–Kier alpha value is -2.54. The predicted molar refractivity (Wildman–Crippen MR) is 96.7 cm³/mol. The highest BCUT2D eigenvalue weighted by molar-refractivity contribution is 6.30. The van der Waals surface area contributed by atoms with Crippen LogP contribution in [0.2, 0.25) is 5.02 Å². The number of aromatic amines is 1. The van der Waals surface area contributed by atoms with Gasteiger partial charge in [-0.15, -0.1) is 0 Å². The Morgan fingerprint density at radius 1 is 1.28 bits per heavy atom. The number of rotatable bonds is 4. The van der Waals surface area contributed by atoms with Crippen molar-refractivity contribution in [3.63, 3.8) is 0 Å². The van der Waals surface area contributed by atoms with E-state index in [-0.39, 0.29) is 12.2 Å². The Morgan fingerprint density at radius 2 is 2.00 bits per heavy atom. The van der Waals surface area contributed by atoms with Crippen LogP contribution in [0.4, 0.5) is 11.6 Å². The van der Waals surface area contributed by atoms with Gasteiger partial charge in [-0.2, -0.15) is 0 Å². The molecule has 0 atom stereocenters. The van der Waals surface area contributed by atoms with Crippen molar-refractivity contribution in [2.45, 2.75) is 6.92 Å². The average Bonchev–Trinajstić information content (AvgIpc) is 2.62. The molecule has 7 nitrogen and oxygen atoms in total. The normalized spacial score (nSPS) is 14.5. The monoisotopic (exact) mass is 362 g/mol. The fourth-order valence-electron chi connectivity index (χ4n) is 2.75. The number of aromatic nitrogens is 2. The zero-order valence-electron chi connectivity index (χ0n) is 13.9. The summed E-state index contributed by atoms with van der Waals surface area (Å²) in [7, 11) is 0. The molecule has 1 N–H and O–H groups in total. The van der Waals surface area contributed by atoms with Crippen molar-refractivity contribution in [1.82, 2.24) is 9.97 Å². The minimum absolute atomic E-state index is 0.0804. The predicted octanol–water partition coefficient (Wildman–Crippen LogP) is 1.93. The van der Waals surface area contributed by atoms with Crippen LogP contribution in [-0.4, -0.2) is 48.7 Å². The van der Waals surface area contributed by atoms with E-state index < -0.39 is 11.5 Å². The van der Waals surface area contributed by atoms with Crippen LogP contribution < -0.4 is 15.4 Å². The first-order valence-electron chi connectivity index (χ1n) is 8.10. The van der Waals surface area contributed by atoms with Crippen LogP contribution in [0.3, 0.4) is 0 Å². The summed E-state index contributed by atoms with van der Waals surface area (Å²) in [5.74, 6) is -0.197. The van der Waals surface area contributed by atoms with Gasteiger partial charge in [0, 0.05) is 36.9 Å². The van der Waals surface area contributed by atoms with Gasteiger partial charge in [0.25, 0.3) is 5.56 Å². The number of hydrogen-bond donors (Lipinski definition) is 1. The van der Waals surface area contributed by atoms with E-state index in [1.54, 1.807) is 6.92 Å². The maximum absolute atomic E-state index is 12.1. The third-order valence-electron chi connectivity index (χ3n) is 4.03. The van der Waals surface area contributed by atoms with Crippen LogP contribution in [-0.2, 0) is 4.74 Å². The van der Waals surface area contributed by atoms with Gasteiger partial charge < -0.3 is 14.5 Å². The molecule has 0 aliphatic carbocycles. The number of nitrogens with one attached hydrogen (secondary N) is 1. The summed E-state index contributed by atoms with van der Waals surface area (Å²) in [6.45, 7) is 4.87. The van der Waals surface area contributed by atoms with Crippen molar-refractivity contribution in [3.05, 3.63) is 51.4 Å². The quantitative estimate of drug-likeness (QED) is 0.837. The van der Waals surface area contributed by atoms with Gasteiger partial charge in [0.1, 0.15) is 5.56 Å². The zero-order valence-corrected chi connectivity index (χ0v) is 14.6. The lowest BCUT2D eigenvalue weighted by atomic mass is 10.2. The summed E-state index contributed by atoms with van der Waals surface area (Å²) < 4.78 is 4.84. The van der Waals surface area contributed by atoms with Crippen molar-refractivity contribution in [2.75, 3.05) is 42.6 Å². The minimum atomic E-state index is -0.659. The molecule has 0 unspecified atom stereocenters. The Kier molecular flexibility index (Phi) is 5.23. The average molecular weight is 363 g/mol. The smallest absolute Gasteiger partial charge is 0.345 e. The molecule has 0 radical (unpaired) electrons. The van der Waals surface area contributed by atoms with Gasteiger partial charge in [-0.1, -0.05) is 17.7 Å². The molecule has 2 heterocycles.